The third kappa shape index (κ3) is 5.60. The van der Waals surface area contributed by atoms with E-state index in [0.29, 0.717) is 5.69 Å². The Kier molecular flexibility index (Phi) is 6.49. The van der Waals surface area contributed by atoms with E-state index in [1.54, 1.807) is 36.4 Å². The van der Waals surface area contributed by atoms with Gasteiger partial charge >= 0.3 is 11.8 Å². The molecule has 3 aromatic rings. The van der Waals surface area contributed by atoms with Crippen molar-refractivity contribution < 1.29 is 14.4 Å². The first-order chi connectivity index (χ1) is 14.0. The first kappa shape index (κ1) is 20.0. The highest BCUT2D eigenvalue weighted by atomic mass is 32.1. The number of hydrogen-bond donors (Lipinski definition) is 3. The molecule has 2 aromatic carbocycles. The summed E-state index contributed by atoms with van der Waals surface area (Å²) < 4.78 is 0. The zero-order chi connectivity index (χ0) is 20.6. The van der Waals surface area contributed by atoms with E-state index in [0.717, 1.165) is 10.4 Å². The van der Waals surface area contributed by atoms with Crippen molar-refractivity contribution in [3.63, 3.8) is 0 Å². The van der Waals surface area contributed by atoms with Crippen LogP contribution in [0.4, 0.5) is 11.4 Å². The van der Waals surface area contributed by atoms with Gasteiger partial charge in [0.1, 0.15) is 0 Å². The van der Waals surface area contributed by atoms with Gasteiger partial charge in [-0.25, -0.2) is 5.43 Å². The van der Waals surface area contributed by atoms with Gasteiger partial charge in [0.05, 0.1) is 17.5 Å². The summed E-state index contributed by atoms with van der Waals surface area (Å²) in [6, 6.07) is 17.4. The van der Waals surface area contributed by atoms with Crippen molar-refractivity contribution in [2.75, 3.05) is 10.6 Å². The van der Waals surface area contributed by atoms with Crippen molar-refractivity contribution in [3.8, 4) is 0 Å². The smallest absolute Gasteiger partial charge is 0.322 e. The first-order valence-electron chi connectivity index (χ1n) is 8.68. The van der Waals surface area contributed by atoms with Crippen LogP contribution in [0.15, 0.2) is 71.1 Å². The van der Waals surface area contributed by atoms with Crippen LogP contribution in [-0.2, 0) is 9.59 Å². The minimum atomic E-state index is -0.938. The number of aryl methyl sites for hydroxylation is 1. The van der Waals surface area contributed by atoms with Gasteiger partial charge in [0, 0.05) is 10.6 Å². The molecule has 0 radical (unpaired) electrons. The van der Waals surface area contributed by atoms with E-state index in [9.17, 15) is 14.4 Å². The molecule has 3 amide bonds. The van der Waals surface area contributed by atoms with Crippen LogP contribution in [0.1, 0.15) is 20.8 Å². The van der Waals surface area contributed by atoms with Crippen molar-refractivity contribution in [1.82, 2.24) is 5.43 Å². The Morgan fingerprint density at radius 1 is 0.897 bits per heavy atom. The lowest BCUT2D eigenvalue weighted by atomic mass is 10.1. The minimum Gasteiger partial charge on any atom is -0.322 e. The van der Waals surface area contributed by atoms with Crippen LogP contribution < -0.4 is 16.1 Å². The third-order valence-electron chi connectivity index (χ3n) is 3.84. The zero-order valence-electron chi connectivity index (χ0n) is 15.5. The third-order valence-corrected chi connectivity index (χ3v) is 4.64. The fraction of sp³-hybridized carbons (Fsp3) is 0.0476. The summed E-state index contributed by atoms with van der Waals surface area (Å²) in [7, 11) is 0. The number of rotatable bonds is 5. The summed E-state index contributed by atoms with van der Waals surface area (Å²) in [6.07, 6.45) is 1.44. The van der Waals surface area contributed by atoms with E-state index in [-0.39, 0.29) is 11.3 Å². The van der Waals surface area contributed by atoms with E-state index >= 15 is 0 Å². The SMILES string of the molecule is Cc1ccc(NC(=O)c2ccccc2NC(=O)C(=O)NN=Cc2cccs2)cc1. The molecule has 0 saturated carbocycles. The summed E-state index contributed by atoms with van der Waals surface area (Å²) >= 11 is 1.45. The topological polar surface area (TPSA) is 99.7 Å². The number of carbonyl (C=O) groups is 3. The Morgan fingerprint density at radius 3 is 2.38 bits per heavy atom. The number of hydrogen-bond acceptors (Lipinski definition) is 5. The highest BCUT2D eigenvalue weighted by Gasteiger charge is 2.17. The number of thiophene rings is 1. The van der Waals surface area contributed by atoms with Crippen LogP contribution in [0, 0.1) is 6.92 Å². The molecule has 0 spiro atoms. The predicted octanol–water partition coefficient (Wildman–Crippen LogP) is 3.40. The van der Waals surface area contributed by atoms with Gasteiger partial charge < -0.3 is 10.6 Å². The second-order valence-corrected chi connectivity index (χ2v) is 7.01. The molecule has 8 heteroatoms. The van der Waals surface area contributed by atoms with Crippen LogP contribution >= 0.6 is 11.3 Å². The average Bonchev–Trinajstić information content (AvgIpc) is 3.23. The zero-order valence-corrected chi connectivity index (χ0v) is 16.3. The van der Waals surface area contributed by atoms with Crippen LogP contribution in [0.3, 0.4) is 0 Å². The molecule has 0 atom stereocenters. The van der Waals surface area contributed by atoms with Gasteiger partial charge in [-0.1, -0.05) is 35.9 Å². The quantitative estimate of drug-likeness (QED) is 0.344. The second kappa shape index (κ2) is 9.43. The number of amides is 3. The fourth-order valence-electron chi connectivity index (χ4n) is 2.37. The fourth-order valence-corrected chi connectivity index (χ4v) is 2.96. The van der Waals surface area contributed by atoms with Gasteiger partial charge in [-0.05, 0) is 42.6 Å². The van der Waals surface area contributed by atoms with Gasteiger partial charge in [-0.15, -0.1) is 11.3 Å². The molecule has 3 N–H and O–H groups in total. The summed E-state index contributed by atoms with van der Waals surface area (Å²) in [5, 5.41) is 10.8. The monoisotopic (exact) mass is 406 g/mol. The Labute approximate surface area is 171 Å². The van der Waals surface area contributed by atoms with Crippen molar-refractivity contribution >= 4 is 46.6 Å². The number of benzene rings is 2. The van der Waals surface area contributed by atoms with Gasteiger partial charge in [-0.3, -0.25) is 14.4 Å². The number of para-hydroxylation sites is 1. The van der Waals surface area contributed by atoms with Gasteiger partial charge in [0.15, 0.2) is 0 Å². The molecule has 0 fully saturated rings. The maximum absolute atomic E-state index is 12.6. The summed E-state index contributed by atoms with van der Waals surface area (Å²) in [5.41, 5.74) is 4.31. The Hall–Kier alpha value is -3.78. The van der Waals surface area contributed by atoms with E-state index in [2.05, 4.69) is 21.2 Å². The standard InChI is InChI=1S/C21H18N4O3S/c1-14-8-10-15(11-9-14)23-19(26)17-6-2-3-7-18(17)24-20(27)21(28)25-22-13-16-5-4-12-29-16/h2-13H,1H3,(H,23,26)(H,24,27)(H,25,28). The maximum Gasteiger partial charge on any atom is 0.329 e. The van der Waals surface area contributed by atoms with E-state index < -0.39 is 17.7 Å². The van der Waals surface area contributed by atoms with Crippen molar-refractivity contribution in [3.05, 3.63) is 82.0 Å². The van der Waals surface area contributed by atoms with Crippen LogP contribution in [0.2, 0.25) is 0 Å². The molecule has 0 aliphatic carbocycles. The maximum atomic E-state index is 12.6. The number of carbonyl (C=O) groups excluding carboxylic acids is 3. The van der Waals surface area contributed by atoms with E-state index in [1.807, 2.05) is 36.6 Å². The second-order valence-electron chi connectivity index (χ2n) is 6.03. The molecule has 0 saturated heterocycles. The van der Waals surface area contributed by atoms with Gasteiger partial charge in [0.25, 0.3) is 5.91 Å². The van der Waals surface area contributed by atoms with E-state index in [1.165, 1.54) is 17.6 Å². The molecule has 3 rings (SSSR count). The molecule has 1 heterocycles. The summed E-state index contributed by atoms with van der Waals surface area (Å²) in [5.74, 6) is -2.27. The van der Waals surface area contributed by atoms with Crippen molar-refractivity contribution in [2.45, 2.75) is 6.92 Å². The van der Waals surface area contributed by atoms with Crippen LogP contribution in [-0.4, -0.2) is 23.9 Å². The van der Waals surface area contributed by atoms with Gasteiger partial charge in [0.2, 0.25) is 0 Å². The van der Waals surface area contributed by atoms with Crippen molar-refractivity contribution in [2.24, 2.45) is 5.10 Å². The lowest BCUT2D eigenvalue weighted by Gasteiger charge is -2.11. The largest absolute Gasteiger partial charge is 0.329 e. The molecule has 0 bridgehead atoms. The number of anilines is 2. The molecule has 7 nitrogen and oxygen atoms in total. The Bertz CT molecular complexity index is 1040. The Morgan fingerprint density at radius 2 is 1.66 bits per heavy atom. The lowest BCUT2D eigenvalue weighted by molar-refractivity contribution is -0.136. The molecule has 1 aromatic heterocycles. The summed E-state index contributed by atoms with van der Waals surface area (Å²) in [4.78, 5) is 37.5. The molecule has 0 unspecified atom stereocenters. The van der Waals surface area contributed by atoms with Crippen LogP contribution in [0.25, 0.3) is 0 Å². The number of nitrogens with zero attached hydrogens (tertiary/aromatic N) is 1. The normalized spacial score (nSPS) is 10.5. The molecule has 29 heavy (non-hydrogen) atoms. The molecule has 0 aliphatic rings. The highest BCUT2D eigenvalue weighted by Crippen LogP contribution is 2.18. The first-order valence-corrected chi connectivity index (χ1v) is 9.56. The van der Waals surface area contributed by atoms with Crippen molar-refractivity contribution in [1.29, 1.82) is 0 Å². The molecule has 0 aliphatic heterocycles. The number of hydrazone groups is 1. The lowest BCUT2D eigenvalue weighted by Crippen LogP contribution is -2.33. The molecular weight excluding hydrogens is 388 g/mol. The average molecular weight is 406 g/mol. The minimum absolute atomic E-state index is 0.222. The van der Waals surface area contributed by atoms with E-state index in [4.69, 9.17) is 0 Å². The summed E-state index contributed by atoms with van der Waals surface area (Å²) in [6.45, 7) is 1.95. The molecule has 146 valence electrons. The highest BCUT2D eigenvalue weighted by molar-refractivity contribution is 7.11. The van der Waals surface area contributed by atoms with Gasteiger partial charge in [-0.2, -0.15) is 5.10 Å². The molecular formula is C21H18N4O3S. The van der Waals surface area contributed by atoms with Crippen LogP contribution in [0.5, 0.6) is 0 Å². The predicted molar refractivity (Wildman–Crippen MR) is 114 cm³/mol. The Balaban J connectivity index is 1.64. The number of nitrogens with one attached hydrogen (secondary N) is 3.